The van der Waals surface area contributed by atoms with Crippen molar-refractivity contribution in [3.8, 4) is 11.3 Å². The summed E-state index contributed by atoms with van der Waals surface area (Å²) in [7, 11) is 0. The Bertz CT molecular complexity index is 1170. The zero-order valence-corrected chi connectivity index (χ0v) is 16.8. The Kier molecular flexibility index (Phi) is 5.30. The lowest BCUT2D eigenvalue weighted by atomic mass is 10.1. The summed E-state index contributed by atoms with van der Waals surface area (Å²) in [5.74, 6) is 0. The monoisotopic (exact) mass is 437 g/mol. The lowest BCUT2D eigenvalue weighted by Gasteiger charge is -2.18. The Balaban J connectivity index is 1.70. The highest BCUT2D eigenvalue weighted by atomic mass is 35.5. The molecule has 9 nitrogen and oxygen atoms in total. The molecule has 4 rings (SSSR count). The van der Waals surface area contributed by atoms with Gasteiger partial charge in [0.2, 0.25) is 0 Å². The van der Waals surface area contributed by atoms with Gasteiger partial charge in [-0.1, -0.05) is 34.5 Å². The largest absolute Gasteiger partial charge is 0.394 e. The van der Waals surface area contributed by atoms with E-state index in [1.54, 1.807) is 36.0 Å². The average Bonchev–Trinajstić information content (AvgIpc) is 3.33. The Morgan fingerprint density at radius 2 is 2.10 bits per heavy atom. The maximum Gasteiger partial charge on any atom is 0.330 e. The van der Waals surface area contributed by atoms with Crippen molar-refractivity contribution in [3.63, 3.8) is 0 Å². The second kappa shape index (κ2) is 7.75. The smallest absolute Gasteiger partial charge is 0.330 e. The van der Waals surface area contributed by atoms with E-state index >= 15 is 0 Å². The summed E-state index contributed by atoms with van der Waals surface area (Å²) >= 11 is 12.1. The maximum absolute atomic E-state index is 12.2. The van der Waals surface area contributed by atoms with Crippen LogP contribution in [0.15, 0.2) is 40.2 Å². The number of rotatable bonds is 4. The first kappa shape index (κ1) is 19.8. The molecule has 1 aliphatic rings. The van der Waals surface area contributed by atoms with Crippen LogP contribution < -0.4 is 11.2 Å². The molecule has 0 saturated carbocycles. The zero-order chi connectivity index (χ0) is 20.7. The number of ether oxygens (including phenoxy) is 1. The van der Waals surface area contributed by atoms with E-state index in [2.05, 4.69) is 15.3 Å². The number of hydrogen-bond acceptors (Lipinski definition) is 6. The van der Waals surface area contributed by atoms with Gasteiger partial charge in [-0.2, -0.15) is 0 Å². The molecule has 0 radical (unpaired) electrons. The van der Waals surface area contributed by atoms with Gasteiger partial charge in [0.1, 0.15) is 12.3 Å². The summed E-state index contributed by atoms with van der Waals surface area (Å²) in [6.07, 6.45) is 2.07. The van der Waals surface area contributed by atoms with Gasteiger partial charge in [0, 0.05) is 23.7 Å². The minimum Gasteiger partial charge on any atom is -0.394 e. The van der Waals surface area contributed by atoms with Crippen LogP contribution >= 0.6 is 23.2 Å². The molecule has 1 aromatic carbocycles. The van der Waals surface area contributed by atoms with Gasteiger partial charge in [0.15, 0.2) is 0 Å². The quantitative estimate of drug-likeness (QED) is 0.644. The van der Waals surface area contributed by atoms with Gasteiger partial charge >= 0.3 is 5.69 Å². The number of benzene rings is 1. The van der Waals surface area contributed by atoms with Crippen LogP contribution in [0, 0.1) is 6.92 Å². The normalized spacial score (nSPS) is 21.6. The summed E-state index contributed by atoms with van der Waals surface area (Å²) in [4.78, 5) is 26.1. The van der Waals surface area contributed by atoms with Gasteiger partial charge in [-0.05, 0) is 19.1 Å². The highest BCUT2D eigenvalue weighted by Crippen LogP contribution is 2.38. The van der Waals surface area contributed by atoms with Crippen molar-refractivity contribution < 1.29 is 9.84 Å². The predicted octanol–water partition coefficient (Wildman–Crippen LogP) is 1.93. The second-order valence-corrected chi connectivity index (χ2v) is 7.60. The fourth-order valence-electron chi connectivity index (χ4n) is 3.46. The van der Waals surface area contributed by atoms with E-state index in [4.69, 9.17) is 27.9 Å². The molecule has 2 aromatic heterocycles. The molecule has 1 saturated heterocycles. The standard InChI is InChI=1S/C18H17Cl2N5O4/c1-9-7-24(18(28)22-17(9)27)16-5-13(15(8-26)29-16)25-14(6-21-23-25)10-2-3-11(19)12(20)4-10/h2-4,6-7,13,15-16,26H,5,8H2,1H3,(H,22,27,28)/t13-,15+,16+/m0/s1. The molecule has 152 valence electrons. The Morgan fingerprint density at radius 3 is 2.83 bits per heavy atom. The van der Waals surface area contributed by atoms with Crippen molar-refractivity contribution in [2.24, 2.45) is 0 Å². The van der Waals surface area contributed by atoms with Crippen molar-refractivity contribution in [2.45, 2.75) is 31.7 Å². The lowest BCUT2D eigenvalue weighted by molar-refractivity contribution is -0.0322. The molecule has 3 heterocycles. The molecular weight excluding hydrogens is 421 g/mol. The number of nitrogens with one attached hydrogen (secondary N) is 1. The summed E-state index contributed by atoms with van der Waals surface area (Å²) in [5, 5.41) is 18.8. The number of aliphatic hydroxyl groups excluding tert-OH is 1. The van der Waals surface area contributed by atoms with E-state index in [9.17, 15) is 14.7 Å². The summed E-state index contributed by atoms with van der Waals surface area (Å²) in [5.41, 5.74) is 0.779. The first-order valence-electron chi connectivity index (χ1n) is 8.83. The predicted molar refractivity (Wildman–Crippen MR) is 106 cm³/mol. The van der Waals surface area contributed by atoms with Crippen molar-refractivity contribution in [3.05, 3.63) is 67.0 Å². The Morgan fingerprint density at radius 1 is 1.31 bits per heavy atom. The van der Waals surface area contributed by atoms with Crippen molar-refractivity contribution in [2.75, 3.05) is 6.61 Å². The molecule has 29 heavy (non-hydrogen) atoms. The summed E-state index contributed by atoms with van der Waals surface area (Å²) < 4.78 is 8.86. The van der Waals surface area contributed by atoms with Crippen LogP contribution in [0.1, 0.15) is 24.3 Å². The van der Waals surface area contributed by atoms with Crippen LogP contribution in [-0.4, -0.2) is 42.4 Å². The minimum absolute atomic E-state index is 0.279. The molecule has 1 aliphatic heterocycles. The van der Waals surface area contributed by atoms with Gasteiger partial charge in [0.25, 0.3) is 5.56 Å². The maximum atomic E-state index is 12.2. The van der Waals surface area contributed by atoms with E-state index in [1.165, 1.54) is 10.8 Å². The van der Waals surface area contributed by atoms with Crippen LogP contribution in [0.3, 0.4) is 0 Å². The molecule has 0 bridgehead atoms. The van der Waals surface area contributed by atoms with Crippen molar-refractivity contribution >= 4 is 23.2 Å². The first-order chi connectivity index (χ1) is 13.9. The number of H-pyrrole nitrogens is 1. The van der Waals surface area contributed by atoms with Crippen LogP contribution in [0.2, 0.25) is 10.0 Å². The SMILES string of the molecule is Cc1cn([C@H]2C[C@H](n3nncc3-c3ccc(Cl)c(Cl)c3)[C@@H](CO)O2)c(=O)[nH]c1=O. The number of aromatic amines is 1. The number of aryl methyl sites for hydroxylation is 1. The van der Waals surface area contributed by atoms with Crippen LogP contribution in [0.5, 0.6) is 0 Å². The molecule has 0 aliphatic carbocycles. The third-order valence-corrected chi connectivity index (χ3v) is 5.68. The molecule has 3 aromatic rings. The summed E-state index contributed by atoms with van der Waals surface area (Å²) in [6.45, 7) is 1.32. The Hall–Kier alpha value is -2.46. The minimum atomic E-state index is -0.675. The first-order valence-corrected chi connectivity index (χ1v) is 9.58. The van der Waals surface area contributed by atoms with E-state index in [-0.39, 0.29) is 6.61 Å². The second-order valence-electron chi connectivity index (χ2n) is 6.79. The van der Waals surface area contributed by atoms with Crippen LogP contribution in [0.4, 0.5) is 0 Å². The van der Waals surface area contributed by atoms with Gasteiger partial charge in [0.05, 0.1) is 34.6 Å². The van der Waals surface area contributed by atoms with E-state index in [1.807, 2.05) is 0 Å². The molecule has 2 N–H and O–H groups in total. The molecule has 3 atom stereocenters. The third kappa shape index (κ3) is 3.62. The molecule has 0 unspecified atom stereocenters. The molecular formula is C18H17Cl2N5O4. The number of aromatic nitrogens is 5. The topological polar surface area (TPSA) is 115 Å². The van der Waals surface area contributed by atoms with Crippen molar-refractivity contribution in [1.82, 2.24) is 24.5 Å². The Labute approximate surface area is 174 Å². The highest BCUT2D eigenvalue weighted by Gasteiger charge is 2.39. The van der Waals surface area contributed by atoms with Gasteiger partial charge in [-0.25, -0.2) is 9.48 Å². The fourth-order valence-corrected chi connectivity index (χ4v) is 3.76. The van der Waals surface area contributed by atoms with Gasteiger partial charge in [-0.15, -0.1) is 5.10 Å². The van der Waals surface area contributed by atoms with E-state index in [0.29, 0.717) is 27.7 Å². The van der Waals surface area contributed by atoms with Gasteiger partial charge < -0.3 is 9.84 Å². The molecule has 0 spiro atoms. The van der Waals surface area contributed by atoms with Crippen LogP contribution in [0.25, 0.3) is 11.3 Å². The zero-order valence-electron chi connectivity index (χ0n) is 15.2. The number of aliphatic hydroxyl groups is 1. The van der Waals surface area contributed by atoms with E-state index in [0.717, 1.165) is 5.56 Å². The summed E-state index contributed by atoms with van der Waals surface area (Å²) in [6, 6.07) is 4.78. The highest BCUT2D eigenvalue weighted by molar-refractivity contribution is 6.42. The number of nitrogens with zero attached hydrogens (tertiary/aromatic N) is 4. The molecule has 1 fully saturated rings. The molecule has 11 heteroatoms. The fraction of sp³-hybridized carbons (Fsp3) is 0.333. The third-order valence-electron chi connectivity index (χ3n) is 4.94. The van der Waals surface area contributed by atoms with E-state index < -0.39 is 29.6 Å². The number of halogens is 2. The lowest BCUT2D eigenvalue weighted by Crippen LogP contribution is -2.33. The number of hydrogen-bond donors (Lipinski definition) is 2. The molecule has 0 amide bonds. The van der Waals surface area contributed by atoms with Crippen molar-refractivity contribution in [1.29, 1.82) is 0 Å². The average molecular weight is 438 g/mol. The van der Waals surface area contributed by atoms with Crippen LogP contribution in [-0.2, 0) is 4.74 Å². The van der Waals surface area contributed by atoms with Gasteiger partial charge in [-0.3, -0.25) is 14.3 Å².